The SMILES string of the molecule is COc1c(N=CN)cc(C(C)(C)C)cc1C(C)C. The Bertz CT molecular complexity index is 443. The molecule has 0 saturated heterocycles. The molecule has 0 aliphatic heterocycles. The molecule has 2 N–H and O–H groups in total. The van der Waals surface area contributed by atoms with Gasteiger partial charge >= 0.3 is 0 Å². The summed E-state index contributed by atoms with van der Waals surface area (Å²) in [6.45, 7) is 10.9. The summed E-state index contributed by atoms with van der Waals surface area (Å²) in [6.07, 6.45) is 1.31. The van der Waals surface area contributed by atoms with Crippen LogP contribution in [0.2, 0.25) is 0 Å². The summed E-state index contributed by atoms with van der Waals surface area (Å²) in [5.74, 6) is 1.20. The number of hydrogen-bond acceptors (Lipinski definition) is 2. The van der Waals surface area contributed by atoms with Crippen LogP contribution >= 0.6 is 0 Å². The van der Waals surface area contributed by atoms with Crippen LogP contribution in [0.1, 0.15) is 51.7 Å². The molecule has 0 amide bonds. The molecule has 0 spiro atoms. The average Bonchev–Trinajstić information content (AvgIpc) is 2.27. The van der Waals surface area contributed by atoms with Crippen molar-refractivity contribution in [2.24, 2.45) is 10.7 Å². The maximum absolute atomic E-state index is 5.49. The minimum atomic E-state index is 0.0782. The molecule has 0 aromatic heterocycles. The molecular weight excluding hydrogens is 224 g/mol. The van der Waals surface area contributed by atoms with Crippen molar-refractivity contribution in [3.63, 3.8) is 0 Å². The van der Waals surface area contributed by atoms with Gasteiger partial charge in [0.25, 0.3) is 0 Å². The van der Waals surface area contributed by atoms with Crippen molar-refractivity contribution >= 4 is 12.0 Å². The number of methoxy groups -OCH3 is 1. The Kier molecular flexibility index (Phi) is 4.38. The van der Waals surface area contributed by atoms with Crippen LogP contribution < -0.4 is 10.5 Å². The van der Waals surface area contributed by atoms with Crippen LogP contribution in [0.25, 0.3) is 0 Å². The number of rotatable bonds is 3. The first-order valence-electron chi connectivity index (χ1n) is 6.28. The number of aliphatic imine (C=N–C) groups is 1. The zero-order valence-corrected chi connectivity index (χ0v) is 12.2. The third-order valence-electron chi connectivity index (χ3n) is 3.00. The maximum Gasteiger partial charge on any atom is 0.147 e. The fraction of sp³-hybridized carbons (Fsp3) is 0.533. The van der Waals surface area contributed by atoms with Gasteiger partial charge in [-0.15, -0.1) is 0 Å². The molecule has 1 rings (SSSR count). The van der Waals surface area contributed by atoms with E-state index in [-0.39, 0.29) is 5.41 Å². The first kappa shape index (κ1) is 14.6. The van der Waals surface area contributed by atoms with Crippen molar-refractivity contribution < 1.29 is 4.74 Å². The molecule has 0 aliphatic rings. The van der Waals surface area contributed by atoms with Crippen LogP contribution in [-0.2, 0) is 5.41 Å². The average molecular weight is 248 g/mol. The van der Waals surface area contributed by atoms with E-state index < -0.39 is 0 Å². The van der Waals surface area contributed by atoms with Gasteiger partial charge < -0.3 is 10.5 Å². The van der Waals surface area contributed by atoms with Crippen LogP contribution in [0, 0.1) is 0 Å². The first-order valence-corrected chi connectivity index (χ1v) is 6.28. The van der Waals surface area contributed by atoms with Crippen molar-refractivity contribution in [3.8, 4) is 5.75 Å². The van der Waals surface area contributed by atoms with Crippen molar-refractivity contribution in [1.29, 1.82) is 0 Å². The first-order chi connectivity index (χ1) is 8.31. The van der Waals surface area contributed by atoms with E-state index >= 15 is 0 Å². The summed E-state index contributed by atoms with van der Waals surface area (Å²) in [6, 6.07) is 4.26. The van der Waals surface area contributed by atoms with Gasteiger partial charge in [0.05, 0.1) is 13.4 Å². The third-order valence-corrected chi connectivity index (χ3v) is 3.00. The molecule has 3 nitrogen and oxygen atoms in total. The van der Waals surface area contributed by atoms with E-state index in [0.29, 0.717) is 5.92 Å². The van der Waals surface area contributed by atoms with E-state index in [9.17, 15) is 0 Å². The van der Waals surface area contributed by atoms with Gasteiger partial charge in [0.1, 0.15) is 11.4 Å². The molecule has 18 heavy (non-hydrogen) atoms. The largest absolute Gasteiger partial charge is 0.494 e. The zero-order chi connectivity index (χ0) is 13.9. The topological polar surface area (TPSA) is 47.6 Å². The molecule has 0 unspecified atom stereocenters. The van der Waals surface area contributed by atoms with Crippen molar-refractivity contribution in [3.05, 3.63) is 23.3 Å². The summed E-state index contributed by atoms with van der Waals surface area (Å²) >= 11 is 0. The van der Waals surface area contributed by atoms with Crippen LogP contribution in [0.5, 0.6) is 5.75 Å². The minimum absolute atomic E-state index is 0.0782. The highest BCUT2D eigenvalue weighted by molar-refractivity contribution is 5.67. The predicted molar refractivity (Wildman–Crippen MR) is 78.1 cm³/mol. The highest BCUT2D eigenvalue weighted by Gasteiger charge is 2.20. The van der Waals surface area contributed by atoms with Gasteiger partial charge in [-0.1, -0.05) is 40.7 Å². The molecule has 0 saturated carbocycles. The van der Waals surface area contributed by atoms with Crippen molar-refractivity contribution in [1.82, 2.24) is 0 Å². The number of nitrogens with two attached hydrogens (primary N) is 1. The Morgan fingerprint density at radius 2 is 1.89 bits per heavy atom. The lowest BCUT2D eigenvalue weighted by molar-refractivity contribution is 0.408. The molecule has 0 fully saturated rings. The van der Waals surface area contributed by atoms with Crippen LogP contribution in [0.4, 0.5) is 5.69 Å². The van der Waals surface area contributed by atoms with Crippen LogP contribution in [-0.4, -0.2) is 13.4 Å². The molecule has 1 aromatic carbocycles. The molecule has 0 aliphatic carbocycles. The Morgan fingerprint density at radius 3 is 2.28 bits per heavy atom. The maximum atomic E-state index is 5.49. The van der Waals surface area contributed by atoms with E-state index in [1.165, 1.54) is 17.5 Å². The Balaban J connectivity index is 3.54. The van der Waals surface area contributed by atoms with E-state index in [0.717, 1.165) is 11.4 Å². The van der Waals surface area contributed by atoms with Gasteiger partial charge in [-0.3, -0.25) is 0 Å². The fourth-order valence-electron chi connectivity index (χ4n) is 1.90. The summed E-state index contributed by atoms with van der Waals surface area (Å²) in [7, 11) is 1.67. The van der Waals surface area contributed by atoms with Gasteiger partial charge in [0.15, 0.2) is 0 Å². The lowest BCUT2D eigenvalue weighted by atomic mass is 9.84. The van der Waals surface area contributed by atoms with E-state index in [2.05, 4.69) is 45.7 Å². The number of ether oxygens (including phenoxy) is 1. The second-order valence-electron chi connectivity index (χ2n) is 5.80. The molecule has 3 heteroatoms. The van der Waals surface area contributed by atoms with Crippen molar-refractivity contribution in [2.45, 2.75) is 46.0 Å². The molecule has 0 atom stereocenters. The van der Waals surface area contributed by atoms with Crippen LogP contribution in [0.15, 0.2) is 17.1 Å². The normalized spacial score (nSPS) is 12.4. The number of hydrogen-bond donors (Lipinski definition) is 1. The molecule has 0 radical (unpaired) electrons. The van der Waals surface area contributed by atoms with Gasteiger partial charge in [-0.05, 0) is 28.5 Å². The van der Waals surface area contributed by atoms with Crippen LogP contribution in [0.3, 0.4) is 0 Å². The standard InChI is InChI=1S/C15H24N2O/c1-10(2)12-7-11(15(3,4)5)8-13(17-9-16)14(12)18-6/h7-10H,1-6H3,(H2,16,17). The highest BCUT2D eigenvalue weighted by atomic mass is 16.5. The fourth-order valence-corrected chi connectivity index (χ4v) is 1.90. The predicted octanol–water partition coefficient (Wildman–Crippen LogP) is 3.73. The van der Waals surface area contributed by atoms with Gasteiger partial charge in [-0.2, -0.15) is 0 Å². The zero-order valence-electron chi connectivity index (χ0n) is 12.2. The second kappa shape index (κ2) is 5.42. The summed E-state index contributed by atoms with van der Waals surface area (Å²) in [5, 5.41) is 0. The van der Waals surface area contributed by atoms with E-state index in [4.69, 9.17) is 10.5 Å². The minimum Gasteiger partial charge on any atom is -0.494 e. The monoisotopic (exact) mass is 248 g/mol. The Labute approximate surface area is 110 Å². The smallest absolute Gasteiger partial charge is 0.147 e. The third kappa shape index (κ3) is 3.03. The summed E-state index contributed by atoms with van der Waals surface area (Å²) in [4.78, 5) is 4.22. The number of nitrogens with zero attached hydrogens (tertiary/aromatic N) is 1. The lowest BCUT2D eigenvalue weighted by Gasteiger charge is -2.23. The number of benzene rings is 1. The summed E-state index contributed by atoms with van der Waals surface area (Å²) < 4.78 is 5.49. The highest BCUT2D eigenvalue weighted by Crippen LogP contribution is 2.39. The van der Waals surface area contributed by atoms with E-state index in [1.807, 2.05) is 6.07 Å². The second-order valence-corrected chi connectivity index (χ2v) is 5.80. The molecule has 1 aromatic rings. The quantitative estimate of drug-likeness (QED) is 0.654. The van der Waals surface area contributed by atoms with Gasteiger partial charge in [0.2, 0.25) is 0 Å². The Morgan fingerprint density at radius 1 is 1.28 bits per heavy atom. The molecule has 0 bridgehead atoms. The van der Waals surface area contributed by atoms with E-state index in [1.54, 1.807) is 7.11 Å². The van der Waals surface area contributed by atoms with Gasteiger partial charge in [-0.25, -0.2) is 4.99 Å². The molecule has 0 heterocycles. The van der Waals surface area contributed by atoms with Gasteiger partial charge in [0, 0.05) is 0 Å². The molecular formula is C15H24N2O. The summed E-state index contributed by atoms with van der Waals surface area (Å²) in [5.41, 5.74) is 8.72. The van der Waals surface area contributed by atoms with Crippen molar-refractivity contribution in [2.75, 3.05) is 7.11 Å². The Hall–Kier alpha value is -1.51. The lowest BCUT2D eigenvalue weighted by Crippen LogP contribution is -2.12. The molecule has 100 valence electrons.